The maximum absolute atomic E-state index is 11.7. The molecule has 4 nitrogen and oxygen atoms in total. The van der Waals surface area contributed by atoms with Crippen LogP contribution in [0.2, 0.25) is 0 Å². The summed E-state index contributed by atoms with van der Waals surface area (Å²) < 4.78 is 2.05. The highest BCUT2D eigenvalue weighted by Crippen LogP contribution is 2.33. The Morgan fingerprint density at radius 2 is 2.16 bits per heavy atom. The van der Waals surface area contributed by atoms with Crippen molar-refractivity contribution in [2.45, 2.75) is 30.3 Å². The highest BCUT2D eigenvalue weighted by atomic mass is 32.2. The molecule has 1 unspecified atom stereocenters. The van der Waals surface area contributed by atoms with Crippen LogP contribution in [-0.4, -0.2) is 15.5 Å². The third-order valence-electron chi connectivity index (χ3n) is 2.73. The molecule has 2 aromatic rings. The van der Waals surface area contributed by atoms with E-state index in [1.54, 1.807) is 6.20 Å². The molecule has 19 heavy (non-hydrogen) atoms. The normalized spacial score (nSPS) is 12.3. The third kappa shape index (κ3) is 3.38. The number of imidazole rings is 1. The van der Waals surface area contributed by atoms with E-state index < -0.39 is 5.25 Å². The summed E-state index contributed by atoms with van der Waals surface area (Å²) in [6, 6.07) is 9.56. The Labute approximate surface area is 117 Å². The average molecular weight is 275 g/mol. The van der Waals surface area contributed by atoms with Crippen LogP contribution in [-0.2, 0) is 11.3 Å². The molecule has 5 heteroatoms. The van der Waals surface area contributed by atoms with E-state index in [-0.39, 0.29) is 5.91 Å². The number of hydrogen-bond acceptors (Lipinski definition) is 3. The molecule has 0 aliphatic rings. The summed E-state index contributed by atoms with van der Waals surface area (Å²) in [6.45, 7) is 3.00. The van der Waals surface area contributed by atoms with E-state index in [1.165, 1.54) is 11.8 Å². The molecule has 0 radical (unpaired) electrons. The molecule has 100 valence electrons. The van der Waals surface area contributed by atoms with Gasteiger partial charge in [-0.3, -0.25) is 4.79 Å². The van der Waals surface area contributed by atoms with Gasteiger partial charge in [0.25, 0.3) is 0 Å². The first-order chi connectivity index (χ1) is 9.22. The van der Waals surface area contributed by atoms with Gasteiger partial charge in [0.1, 0.15) is 5.25 Å². The molecule has 1 aromatic heterocycles. The fourth-order valence-corrected chi connectivity index (χ4v) is 2.88. The molecule has 1 heterocycles. The van der Waals surface area contributed by atoms with Crippen LogP contribution in [0.25, 0.3) is 0 Å². The van der Waals surface area contributed by atoms with Crippen molar-refractivity contribution in [3.8, 4) is 0 Å². The van der Waals surface area contributed by atoms with Crippen LogP contribution < -0.4 is 5.73 Å². The summed E-state index contributed by atoms with van der Waals surface area (Å²) >= 11 is 1.40. The van der Waals surface area contributed by atoms with Crippen molar-refractivity contribution in [2.24, 2.45) is 5.73 Å². The fourth-order valence-electron chi connectivity index (χ4n) is 1.85. The van der Waals surface area contributed by atoms with Crippen molar-refractivity contribution in [1.82, 2.24) is 9.55 Å². The number of carbonyl (C=O) groups is 1. The first-order valence-corrected chi connectivity index (χ1v) is 7.12. The summed E-state index contributed by atoms with van der Waals surface area (Å²) in [5.41, 5.74) is 6.42. The number of primary amides is 1. The van der Waals surface area contributed by atoms with E-state index in [1.807, 2.05) is 41.1 Å². The van der Waals surface area contributed by atoms with Crippen LogP contribution in [0.4, 0.5) is 0 Å². The fraction of sp³-hybridized carbons (Fsp3) is 0.286. The van der Waals surface area contributed by atoms with Gasteiger partial charge in [0.15, 0.2) is 5.16 Å². The number of amides is 1. The largest absolute Gasteiger partial charge is 0.368 e. The zero-order chi connectivity index (χ0) is 13.7. The van der Waals surface area contributed by atoms with Gasteiger partial charge in [-0.15, -0.1) is 0 Å². The van der Waals surface area contributed by atoms with Gasteiger partial charge in [0.05, 0.1) is 0 Å². The number of aromatic nitrogens is 2. The van der Waals surface area contributed by atoms with E-state index in [0.717, 1.165) is 23.7 Å². The minimum Gasteiger partial charge on any atom is -0.368 e. The first-order valence-electron chi connectivity index (χ1n) is 6.24. The Bertz CT molecular complexity index is 539. The lowest BCUT2D eigenvalue weighted by molar-refractivity contribution is -0.117. The van der Waals surface area contributed by atoms with Crippen LogP contribution in [0.3, 0.4) is 0 Å². The first kappa shape index (κ1) is 13.7. The van der Waals surface area contributed by atoms with Gasteiger partial charge in [-0.05, 0) is 12.0 Å². The van der Waals surface area contributed by atoms with E-state index in [9.17, 15) is 4.79 Å². The highest BCUT2D eigenvalue weighted by molar-refractivity contribution is 8.00. The summed E-state index contributed by atoms with van der Waals surface area (Å²) in [5, 5.41) is 0.425. The number of thioether (sulfide) groups is 1. The van der Waals surface area contributed by atoms with Gasteiger partial charge >= 0.3 is 0 Å². The van der Waals surface area contributed by atoms with Crippen LogP contribution in [0.15, 0.2) is 47.9 Å². The highest BCUT2D eigenvalue weighted by Gasteiger charge is 2.21. The van der Waals surface area contributed by atoms with Crippen molar-refractivity contribution in [3.05, 3.63) is 48.3 Å². The molecule has 0 fully saturated rings. The van der Waals surface area contributed by atoms with Crippen molar-refractivity contribution in [3.63, 3.8) is 0 Å². The smallest absolute Gasteiger partial charge is 0.235 e. The van der Waals surface area contributed by atoms with Crippen LogP contribution in [0.5, 0.6) is 0 Å². The Balaban J connectivity index is 2.22. The second-order valence-corrected chi connectivity index (χ2v) is 5.29. The number of nitrogens with zero attached hydrogens (tertiary/aromatic N) is 2. The van der Waals surface area contributed by atoms with Crippen molar-refractivity contribution < 1.29 is 4.79 Å². The third-order valence-corrected chi connectivity index (χ3v) is 4.02. The zero-order valence-corrected chi connectivity index (χ0v) is 11.6. The maximum Gasteiger partial charge on any atom is 0.235 e. The van der Waals surface area contributed by atoms with Crippen molar-refractivity contribution in [2.75, 3.05) is 0 Å². The lowest BCUT2D eigenvalue weighted by Gasteiger charge is -2.14. The summed E-state index contributed by atoms with van der Waals surface area (Å²) in [4.78, 5) is 16.0. The monoisotopic (exact) mass is 275 g/mol. The second kappa shape index (κ2) is 6.43. The van der Waals surface area contributed by atoms with Crippen LogP contribution in [0.1, 0.15) is 24.2 Å². The number of rotatable bonds is 6. The second-order valence-electron chi connectivity index (χ2n) is 4.21. The molecular formula is C14H17N3OS. The van der Waals surface area contributed by atoms with E-state index in [4.69, 9.17) is 5.73 Å². The zero-order valence-electron chi connectivity index (χ0n) is 10.8. The molecule has 1 amide bonds. The van der Waals surface area contributed by atoms with Gasteiger partial charge < -0.3 is 10.3 Å². The van der Waals surface area contributed by atoms with Crippen LogP contribution >= 0.6 is 11.8 Å². The summed E-state index contributed by atoms with van der Waals surface area (Å²) in [5.74, 6) is -0.345. The quantitative estimate of drug-likeness (QED) is 0.824. The lowest BCUT2D eigenvalue weighted by Crippen LogP contribution is -2.19. The molecule has 2 rings (SSSR count). The minimum absolute atomic E-state index is 0.345. The molecular weight excluding hydrogens is 258 g/mol. The number of aryl methyl sites for hydroxylation is 1. The molecule has 0 aliphatic carbocycles. The molecule has 1 atom stereocenters. The van der Waals surface area contributed by atoms with E-state index in [2.05, 4.69) is 11.9 Å². The van der Waals surface area contributed by atoms with Gasteiger partial charge in [-0.2, -0.15) is 0 Å². The number of nitrogens with two attached hydrogens (primary N) is 1. The Morgan fingerprint density at radius 3 is 2.79 bits per heavy atom. The Morgan fingerprint density at radius 1 is 1.42 bits per heavy atom. The molecule has 0 saturated heterocycles. The lowest BCUT2D eigenvalue weighted by atomic mass is 10.1. The number of benzene rings is 1. The van der Waals surface area contributed by atoms with Crippen molar-refractivity contribution in [1.29, 1.82) is 0 Å². The van der Waals surface area contributed by atoms with Gasteiger partial charge in [-0.1, -0.05) is 49.0 Å². The van der Waals surface area contributed by atoms with Gasteiger partial charge in [0, 0.05) is 18.9 Å². The Kier molecular flexibility index (Phi) is 4.63. The predicted octanol–water partition coefficient (Wildman–Crippen LogP) is 2.61. The van der Waals surface area contributed by atoms with E-state index >= 15 is 0 Å². The van der Waals surface area contributed by atoms with Crippen LogP contribution in [0, 0.1) is 0 Å². The number of carbonyl (C=O) groups excluding carboxylic acids is 1. The molecule has 0 bridgehead atoms. The molecule has 0 saturated carbocycles. The van der Waals surface area contributed by atoms with E-state index in [0.29, 0.717) is 0 Å². The molecule has 1 aromatic carbocycles. The topological polar surface area (TPSA) is 60.9 Å². The van der Waals surface area contributed by atoms with Gasteiger partial charge in [-0.25, -0.2) is 4.98 Å². The standard InChI is InChI=1S/C14H17N3OS/c1-2-9-17-10-8-16-14(17)19-12(13(15)18)11-6-4-3-5-7-11/h3-8,10,12H,2,9H2,1H3,(H2,15,18). The average Bonchev–Trinajstić information content (AvgIpc) is 2.84. The molecule has 2 N–H and O–H groups in total. The maximum atomic E-state index is 11.7. The van der Waals surface area contributed by atoms with Crippen molar-refractivity contribution >= 4 is 17.7 Å². The molecule has 0 spiro atoms. The predicted molar refractivity (Wildman–Crippen MR) is 76.8 cm³/mol. The Hall–Kier alpha value is -1.75. The molecule has 0 aliphatic heterocycles. The SMILES string of the molecule is CCCn1ccnc1SC(C(N)=O)c1ccccc1. The summed E-state index contributed by atoms with van der Waals surface area (Å²) in [7, 11) is 0. The summed E-state index contributed by atoms with van der Waals surface area (Å²) in [6.07, 6.45) is 4.70. The van der Waals surface area contributed by atoms with Gasteiger partial charge in [0.2, 0.25) is 5.91 Å². The minimum atomic E-state index is -0.404. The number of hydrogen-bond donors (Lipinski definition) is 1.